The van der Waals surface area contributed by atoms with Crippen molar-refractivity contribution in [2.24, 2.45) is 5.92 Å². The minimum atomic E-state index is -4.54. The van der Waals surface area contributed by atoms with Crippen LogP contribution < -0.4 is 5.32 Å². The minimum absolute atomic E-state index is 0.00225. The van der Waals surface area contributed by atoms with E-state index in [0.29, 0.717) is 18.8 Å². The van der Waals surface area contributed by atoms with Crippen molar-refractivity contribution in [1.29, 1.82) is 0 Å². The third kappa shape index (κ3) is 3.99. The Labute approximate surface area is 164 Å². The maximum absolute atomic E-state index is 13.1. The van der Waals surface area contributed by atoms with Crippen LogP contribution in [0.4, 0.5) is 19.0 Å². The molecule has 2 amide bonds. The van der Waals surface area contributed by atoms with Crippen molar-refractivity contribution in [2.45, 2.75) is 26.4 Å². The number of amides is 2. The molecule has 3 rings (SSSR count). The minimum Gasteiger partial charge on any atom is -0.342 e. The Morgan fingerprint density at radius 1 is 1.36 bits per heavy atom. The van der Waals surface area contributed by atoms with E-state index in [1.165, 1.54) is 10.7 Å². The maximum atomic E-state index is 13.1. The van der Waals surface area contributed by atoms with E-state index < -0.39 is 23.6 Å². The molecule has 1 atom stereocenters. The van der Waals surface area contributed by atoms with Crippen LogP contribution in [0.25, 0.3) is 5.69 Å². The second kappa shape index (κ2) is 7.46. The Hall–Kier alpha value is -2.55. The number of halogens is 4. The molecule has 1 unspecified atom stereocenters. The fraction of sp³-hybridized carbons (Fsp3) is 0.389. The lowest BCUT2D eigenvalue weighted by Crippen LogP contribution is -2.28. The van der Waals surface area contributed by atoms with E-state index in [9.17, 15) is 22.8 Å². The van der Waals surface area contributed by atoms with Gasteiger partial charge in [-0.1, -0.05) is 11.6 Å². The van der Waals surface area contributed by atoms with E-state index in [4.69, 9.17) is 11.6 Å². The topological polar surface area (TPSA) is 67.2 Å². The Kier molecular flexibility index (Phi) is 5.38. The number of hydrogen-bond donors (Lipinski definition) is 1. The van der Waals surface area contributed by atoms with Gasteiger partial charge in [-0.15, -0.1) is 0 Å². The molecular weight excluding hydrogens is 397 g/mol. The zero-order valence-corrected chi connectivity index (χ0v) is 15.9. The molecule has 1 saturated heterocycles. The average Bonchev–Trinajstić information content (AvgIpc) is 3.16. The largest absolute Gasteiger partial charge is 0.416 e. The number of nitrogens with one attached hydrogen (secondary N) is 1. The molecule has 2 heterocycles. The van der Waals surface area contributed by atoms with Crippen LogP contribution in [0.5, 0.6) is 0 Å². The molecule has 0 aliphatic carbocycles. The molecular formula is C18H18ClF3N4O2. The molecule has 1 fully saturated rings. The van der Waals surface area contributed by atoms with Crippen molar-refractivity contribution in [2.75, 3.05) is 18.4 Å². The molecule has 1 aliphatic rings. The summed E-state index contributed by atoms with van der Waals surface area (Å²) in [4.78, 5) is 26.0. The predicted molar refractivity (Wildman–Crippen MR) is 97.3 cm³/mol. The molecule has 0 saturated carbocycles. The maximum Gasteiger partial charge on any atom is 0.416 e. The first-order chi connectivity index (χ1) is 13.1. The third-order valence-corrected chi connectivity index (χ3v) is 4.87. The van der Waals surface area contributed by atoms with Crippen molar-refractivity contribution in [1.82, 2.24) is 14.7 Å². The summed E-state index contributed by atoms with van der Waals surface area (Å²) in [5.41, 5.74) is -0.392. The van der Waals surface area contributed by atoms with Crippen molar-refractivity contribution in [3.05, 3.63) is 40.5 Å². The van der Waals surface area contributed by atoms with Gasteiger partial charge >= 0.3 is 6.18 Å². The van der Waals surface area contributed by atoms with E-state index in [1.807, 2.05) is 6.92 Å². The van der Waals surface area contributed by atoms with Crippen LogP contribution in [0.3, 0.4) is 0 Å². The van der Waals surface area contributed by atoms with Crippen molar-refractivity contribution in [3.63, 3.8) is 0 Å². The fourth-order valence-corrected chi connectivity index (χ4v) is 3.30. The molecule has 0 spiro atoms. The summed E-state index contributed by atoms with van der Waals surface area (Å²) < 4.78 is 40.4. The quantitative estimate of drug-likeness (QED) is 0.830. The average molecular weight is 415 g/mol. The first kappa shape index (κ1) is 20.2. The number of nitrogens with zero attached hydrogens (tertiary/aromatic N) is 3. The summed E-state index contributed by atoms with van der Waals surface area (Å²) in [5.74, 6) is -0.846. The highest BCUT2D eigenvalue weighted by Gasteiger charge is 2.34. The first-order valence-corrected chi connectivity index (χ1v) is 9.00. The van der Waals surface area contributed by atoms with Gasteiger partial charge < -0.3 is 10.2 Å². The Bertz CT molecular complexity index is 926. The number of benzene rings is 1. The van der Waals surface area contributed by atoms with Crippen LogP contribution in [0.15, 0.2) is 24.3 Å². The first-order valence-electron chi connectivity index (χ1n) is 8.62. The molecule has 150 valence electrons. The van der Waals surface area contributed by atoms with Crippen molar-refractivity contribution < 1.29 is 22.8 Å². The molecule has 1 aromatic carbocycles. The molecule has 1 N–H and O–H groups in total. The molecule has 0 radical (unpaired) electrons. The van der Waals surface area contributed by atoms with Gasteiger partial charge in [0.25, 0.3) is 0 Å². The van der Waals surface area contributed by atoms with Crippen molar-refractivity contribution >= 4 is 29.2 Å². The normalized spacial score (nSPS) is 17.3. The SMILES string of the molecule is CCN1CC(C(=O)Nc2cc(C)nn2-c2cc(C(F)(F)F)ccc2Cl)CC1=O. The Morgan fingerprint density at radius 3 is 2.68 bits per heavy atom. The van der Waals surface area contributed by atoms with Gasteiger partial charge in [0.15, 0.2) is 0 Å². The van der Waals surface area contributed by atoms with Crippen LogP contribution in [0, 0.1) is 12.8 Å². The molecule has 10 heteroatoms. The van der Waals surface area contributed by atoms with E-state index in [-0.39, 0.29) is 28.9 Å². The van der Waals surface area contributed by atoms with E-state index >= 15 is 0 Å². The number of rotatable bonds is 4. The van der Waals surface area contributed by atoms with Crippen LogP contribution in [0.2, 0.25) is 5.02 Å². The van der Waals surface area contributed by atoms with Crippen molar-refractivity contribution in [3.8, 4) is 5.69 Å². The molecule has 2 aromatic rings. The Balaban J connectivity index is 1.91. The van der Waals surface area contributed by atoms with Crippen LogP contribution in [0.1, 0.15) is 24.6 Å². The van der Waals surface area contributed by atoms with Crippen LogP contribution in [-0.4, -0.2) is 39.6 Å². The molecule has 28 heavy (non-hydrogen) atoms. The lowest BCUT2D eigenvalue weighted by atomic mass is 10.1. The monoisotopic (exact) mass is 414 g/mol. The number of likely N-dealkylation sites (tertiary alicyclic amines) is 1. The standard InChI is InChI=1S/C18H18ClF3N4O2/c1-3-25-9-11(7-16(25)27)17(28)23-15-6-10(2)24-26(15)14-8-12(18(20,21)22)4-5-13(14)19/h4-6,8,11H,3,7,9H2,1-2H3,(H,23,28). The van der Waals surface area contributed by atoms with Gasteiger partial charge in [-0.3, -0.25) is 9.59 Å². The summed E-state index contributed by atoms with van der Waals surface area (Å²) in [6.45, 7) is 4.29. The van der Waals surface area contributed by atoms with Crippen LogP contribution >= 0.6 is 11.6 Å². The lowest BCUT2D eigenvalue weighted by molar-refractivity contribution is -0.137. The van der Waals surface area contributed by atoms with Crippen LogP contribution in [-0.2, 0) is 15.8 Å². The summed E-state index contributed by atoms with van der Waals surface area (Å²) in [6, 6.07) is 4.42. The predicted octanol–water partition coefficient (Wildman–Crippen LogP) is 3.66. The fourth-order valence-electron chi connectivity index (χ4n) is 3.11. The zero-order valence-electron chi connectivity index (χ0n) is 15.2. The molecule has 1 aliphatic heterocycles. The summed E-state index contributed by atoms with van der Waals surface area (Å²) >= 11 is 6.09. The van der Waals surface area contributed by atoms with Gasteiger partial charge in [-0.2, -0.15) is 18.3 Å². The summed E-state index contributed by atoms with van der Waals surface area (Å²) in [6.07, 6.45) is -4.45. The number of aryl methyl sites for hydroxylation is 1. The smallest absolute Gasteiger partial charge is 0.342 e. The van der Waals surface area contributed by atoms with Gasteiger partial charge in [-0.25, -0.2) is 4.68 Å². The van der Waals surface area contributed by atoms with Gasteiger partial charge in [-0.05, 0) is 32.0 Å². The Morgan fingerprint density at radius 2 is 2.07 bits per heavy atom. The number of carbonyl (C=O) groups excluding carboxylic acids is 2. The molecule has 0 bridgehead atoms. The second-order valence-corrected chi connectivity index (χ2v) is 6.98. The number of anilines is 1. The highest BCUT2D eigenvalue weighted by atomic mass is 35.5. The number of alkyl halides is 3. The highest BCUT2D eigenvalue weighted by Crippen LogP contribution is 2.34. The summed E-state index contributed by atoms with van der Waals surface area (Å²) in [7, 11) is 0. The number of aromatic nitrogens is 2. The highest BCUT2D eigenvalue weighted by molar-refractivity contribution is 6.32. The number of carbonyl (C=O) groups is 2. The van der Waals surface area contributed by atoms with Gasteiger partial charge in [0.2, 0.25) is 11.8 Å². The van der Waals surface area contributed by atoms with Gasteiger partial charge in [0.05, 0.1) is 27.9 Å². The summed E-state index contributed by atoms with van der Waals surface area (Å²) in [5, 5.41) is 6.88. The lowest BCUT2D eigenvalue weighted by Gasteiger charge is -2.15. The third-order valence-electron chi connectivity index (χ3n) is 4.55. The second-order valence-electron chi connectivity index (χ2n) is 6.57. The van der Waals surface area contributed by atoms with E-state index in [1.54, 1.807) is 11.8 Å². The zero-order chi connectivity index (χ0) is 20.6. The van der Waals surface area contributed by atoms with Gasteiger partial charge in [0, 0.05) is 25.6 Å². The van der Waals surface area contributed by atoms with E-state index in [0.717, 1.165) is 18.2 Å². The van der Waals surface area contributed by atoms with Gasteiger partial charge in [0.1, 0.15) is 5.82 Å². The molecule has 1 aromatic heterocycles. The molecule has 6 nitrogen and oxygen atoms in total. The number of hydrogen-bond acceptors (Lipinski definition) is 3. The van der Waals surface area contributed by atoms with E-state index in [2.05, 4.69) is 10.4 Å².